The van der Waals surface area contributed by atoms with E-state index in [-0.39, 0.29) is 0 Å². The van der Waals surface area contributed by atoms with E-state index in [4.69, 9.17) is 4.42 Å². The van der Waals surface area contributed by atoms with Crippen LogP contribution in [0.15, 0.2) is 59.0 Å². The first-order valence-corrected chi connectivity index (χ1v) is 8.48. The fourth-order valence-corrected chi connectivity index (χ4v) is 4.06. The van der Waals surface area contributed by atoms with E-state index < -0.39 is 0 Å². The molecule has 2 aromatic heterocycles. The maximum Gasteiger partial charge on any atom is 0.136 e. The van der Waals surface area contributed by atoms with Crippen molar-refractivity contribution in [1.29, 1.82) is 0 Å². The van der Waals surface area contributed by atoms with E-state index >= 15 is 0 Å². The molecular formula is C22H19NO. The lowest BCUT2D eigenvalue weighted by Crippen LogP contribution is -1.95. The number of aromatic nitrogens is 1. The topological polar surface area (TPSA) is 18.1 Å². The highest BCUT2D eigenvalue weighted by Gasteiger charge is 2.20. The third-order valence-electron chi connectivity index (χ3n) is 5.16. The third kappa shape index (κ3) is 1.60. The number of benzene rings is 3. The number of aryl methyl sites for hydroxylation is 1. The largest absolute Gasteiger partial charge is 0.456 e. The summed E-state index contributed by atoms with van der Waals surface area (Å²) in [6.07, 6.45) is 0. The van der Waals surface area contributed by atoms with Crippen LogP contribution in [-0.2, 0) is 7.05 Å². The molecule has 2 heterocycles. The normalized spacial score (nSPS) is 12.3. The molecule has 0 aliphatic heterocycles. The minimum atomic E-state index is 0.438. The van der Waals surface area contributed by atoms with Gasteiger partial charge in [0.1, 0.15) is 11.2 Å². The second-order valence-electron chi connectivity index (χ2n) is 6.89. The van der Waals surface area contributed by atoms with E-state index in [1.165, 1.54) is 38.1 Å². The molecule has 118 valence electrons. The summed E-state index contributed by atoms with van der Waals surface area (Å²) < 4.78 is 8.53. The summed E-state index contributed by atoms with van der Waals surface area (Å²) in [4.78, 5) is 0. The zero-order valence-electron chi connectivity index (χ0n) is 14.1. The summed E-state index contributed by atoms with van der Waals surface area (Å²) in [7, 11) is 2.17. The molecule has 0 spiro atoms. The van der Waals surface area contributed by atoms with E-state index in [0.29, 0.717) is 5.92 Å². The van der Waals surface area contributed by atoms with Crippen molar-refractivity contribution in [1.82, 2.24) is 4.57 Å². The summed E-state index contributed by atoms with van der Waals surface area (Å²) in [6, 6.07) is 19.2. The molecule has 0 amide bonds. The van der Waals surface area contributed by atoms with Crippen molar-refractivity contribution in [3.05, 3.63) is 60.2 Å². The molecule has 0 radical (unpaired) electrons. The van der Waals surface area contributed by atoms with Gasteiger partial charge in [0.05, 0.1) is 5.52 Å². The standard InChI is InChI=1S/C22H19NO/c1-13(2)16-12-19-20(15-9-5-7-11-18(15)24-19)21-14-8-4-6-10-17(14)23(3)22(16)21/h4-13H,1-3H3. The Morgan fingerprint density at radius 1 is 0.833 bits per heavy atom. The van der Waals surface area contributed by atoms with Gasteiger partial charge in [-0.3, -0.25) is 0 Å². The Bertz CT molecular complexity index is 1240. The molecule has 0 atom stereocenters. The van der Waals surface area contributed by atoms with Gasteiger partial charge in [-0.25, -0.2) is 0 Å². The molecule has 5 aromatic rings. The molecule has 0 aliphatic rings. The van der Waals surface area contributed by atoms with Gasteiger partial charge in [0, 0.05) is 34.1 Å². The molecule has 0 saturated carbocycles. The van der Waals surface area contributed by atoms with Gasteiger partial charge < -0.3 is 8.98 Å². The molecule has 0 aliphatic carbocycles. The Kier molecular flexibility index (Phi) is 2.64. The van der Waals surface area contributed by atoms with Crippen molar-refractivity contribution >= 4 is 43.7 Å². The van der Waals surface area contributed by atoms with E-state index in [1.54, 1.807) is 0 Å². The number of para-hydroxylation sites is 2. The smallest absolute Gasteiger partial charge is 0.136 e. The van der Waals surface area contributed by atoms with Crippen LogP contribution in [0.4, 0.5) is 0 Å². The lowest BCUT2D eigenvalue weighted by Gasteiger charge is -2.10. The van der Waals surface area contributed by atoms with Crippen LogP contribution in [0.5, 0.6) is 0 Å². The minimum absolute atomic E-state index is 0.438. The second-order valence-corrected chi connectivity index (χ2v) is 6.89. The van der Waals surface area contributed by atoms with Crippen LogP contribution in [0.2, 0.25) is 0 Å². The van der Waals surface area contributed by atoms with Crippen molar-refractivity contribution in [2.75, 3.05) is 0 Å². The summed E-state index contributed by atoms with van der Waals surface area (Å²) in [5.41, 5.74) is 5.89. The number of furan rings is 1. The lowest BCUT2D eigenvalue weighted by atomic mass is 9.96. The molecule has 24 heavy (non-hydrogen) atoms. The Balaban J connectivity index is 2.19. The predicted octanol–water partition coefficient (Wildman–Crippen LogP) is 6.35. The van der Waals surface area contributed by atoms with Crippen molar-refractivity contribution in [3.63, 3.8) is 0 Å². The number of rotatable bonds is 1. The number of hydrogen-bond donors (Lipinski definition) is 0. The maximum absolute atomic E-state index is 6.20. The van der Waals surface area contributed by atoms with Gasteiger partial charge in [0.15, 0.2) is 0 Å². The molecule has 5 rings (SSSR count). The Morgan fingerprint density at radius 2 is 1.54 bits per heavy atom. The second kappa shape index (κ2) is 4.64. The van der Waals surface area contributed by atoms with Crippen LogP contribution in [0.1, 0.15) is 25.3 Å². The van der Waals surface area contributed by atoms with Gasteiger partial charge in [0.25, 0.3) is 0 Å². The van der Waals surface area contributed by atoms with Gasteiger partial charge in [-0.1, -0.05) is 50.2 Å². The third-order valence-corrected chi connectivity index (χ3v) is 5.16. The number of nitrogens with zero attached hydrogens (tertiary/aromatic N) is 1. The summed E-state index contributed by atoms with van der Waals surface area (Å²) >= 11 is 0. The molecule has 0 fully saturated rings. The molecule has 0 unspecified atom stereocenters. The van der Waals surface area contributed by atoms with E-state index in [2.05, 4.69) is 74.0 Å². The summed E-state index contributed by atoms with van der Waals surface area (Å²) in [5.74, 6) is 0.438. The van der Waals surface area contributed by atoms with Crippen molar-refractivity contribution < 1.29 is 4.42 Å². The zero-order valence-corrected chi connectivity index (χ0v) is 14.1. The van der Waals surface area contributed by atoms with Crippen LogP contribution < -0.4 is 0 Å². The van der Waals surface area contributed by atoms with Crippen LogP contribution in [0.25, 0.3) is 43.7 Å². The Labute approximate surface area is 140 Å². The van der Waals surface area contributed by atoms with E-state index in [9.17, 15) is 0 Å². The molecule has 2 nitrogen and oxygen atoms in total. The summed E-state index contributed by atoms with van der Waals surface area (Å²) in [6.45, 7) is 4.50. The van der Waals surface area contributed by atoms with Gasteiger partial charge in [-0.2, -0.15) is 0 Å². The minimum Gasteiger partial charge on any atom is -0.456 e. The van der Waals surface area contributed by atoms with E-state index in [0.717, 1.165) is 11.2 Å². The monoisotopic (exact) mass is 313 g/mol. The van der Waals surface area contributed by atoms with Gasteiger partial charge in [-0.15, -0.1) is 0 Å². The van der Waals surface area contributed by atoms with Gasteiger partial charge >= 0.3 is 0 Å². The molecule has 0 saturated heterocycles. The van der Waals surface area contributed by atoms with Crippen molar-refractivity contribution in [2.24, 2.45) is 7.05 Å². The zero-order chi connectivity index (χ0) is 16.4. The number of hydrogen-bond acceptors (Lipinski definition) is 1. The Hall–Kier alpha value is -2.74. The fourth-order valence-electron chi connectivity index (χ4n) is 4.06. The van der Waals surface area contributed by atoms with E-state index in [1.807, 2.05) is 6.07 Å². The average Bonchev–Trinajstić information content (AvgIpc) is 3.10. The van der Waals surface area contributed by atoms with Crippen LogP contribution in [0, 0.1) is 0 Å². The molecule has 2 heteroatoms. The molecular weight excluding hydrogens is 294 g/mol. The highest BCUT2D eigenvalue weighted by Crippen LogP contribution is 2.42. The quantitative estimate of drug-likeness (QED) is 0.352. The van der Waals surface area contributed by atoms with Crippen molar-refractivity contribution in [2.45, 2.75) is 19.8 Å². The van der Waals surface area contributed by atoms with Crippen molar-refractivity contribution in [3.8, 4) is 0 Å². The first-order chi connectivity index (χ1) is 11.7. The van der Waals surface area contributed by atoms with Gasteiger partial charge in [-0.05, 0) is 29.7 Å². The van der Waals surface area contributed by atoms with Crippen LogP contribution in [-0.4, -0.2) is 4.57 Å². The fraction of sp³-hybridized carbons (Fsp3) is 0.182. The SMILES string of the molecule is CC(C)c1cc2oc3ccccc3c2c2c3ccccc3n(C)c12. The molecule has 3 aromatic carbocycles. The maximum atomic E-state index is 6.20. The number of fused-ring (bicyclic) bond motifs is 7. The highest BCUT2D eigenvalue weighted by molar-refractivity contribution is 6.27. The highest BCUT2D eigenvalue weighted by atomic mass is 16.3. The molecule has 0 N–H and O–H groups in total. The molecule has 0 bridgehead atoms. The predicted molar refractivity (Wildman–Crippen MR) is 102 cm³/mol. The first kappa shape index (κ1) is 13.7. The Morgan fingerprint density at radius 3 is 2.33 bits per heavy atom. The van der Waals surface area contributed by atoms with Gasteiger partial charge in [0.2, 0.25) is 0 Å². The van der Waals surface area contributed by atoms with Crippen LogP contribution >= 0.6 is 0 Å². The lowest BCUT2D eigenvalue weighted by molar-refractivity contribution is 0.667. The average molecular weight is 313 g/mol. The summed E-state index contributed by atoms with van der Waals surface area (Å²) in [5, 5.41) is 5.05. The van der Waals surface area contributed by atoms with Crippen LogP contribution in [0.3, 0.4) is 0 Å². The first-order valence-electron chi connectivity index (χ1n) is 8.48.